The molecule has 0 amide bonds. The third kappa shape index (κ3) is 3.72. The molecule has 1 aromatic heterocycles. The molecular weight excluding hydrogens is 520 g/mol. The van der Waals surface area contributed by atoms with E-state index in [1.165, 1.54) is 10.8 Å². The molecule has 1 heterocycles. The van der Waals surface area contributed by atoms with Crippen LogP contribution in [0.15, 0.2) is 162 Å². The van der Waals surface area contributed by atoms with E-state index in [2.05, 4.69) is 54.6 Å². The quantitative estimate of drug-likeness (QED) is 0.157. The van der Waals surface area contributed by atoms with Crippen molar-refractivity contribution >= 4 is 54.1 Å². The van der Waals surface area contributed by atoms with Gasteiger partial charge in [-0.2, -0.15) is 0 Å². The normalized spacial score (nSPS) is 13.3. The van der Waals surface area contributed by atoms with Crippen LogP contribution in [-0.2, 0) is 0 Å². The van der Waals surface area contributed by atoms with Gasteiger partial charge in [-0.15, -0.1) is 0 Å². The fourth-order valence-corrected chi connectivity index (χ4v) is 6.55. The molecule has 0 aliphatic carbocycles. The van der Waals surface area contributed by atoms with Crippen LogP contribution in [0.5, 0.6) is 0 Å². The molecule has 0 saturated heterocycles. The number of benzene rings is 8. The van der Waals surface area contributed by atoms with Crippen LogP contribution in [0.1, 0.15) is 6.85 Å². The maximum Gasteiger partial charge on any atom is 0.142 e. The van der Waals surface area contributed by atoms with E-state index in [4.69, 9.17) is 9.90 Å². The predicted octanol–water partition coefficient (Wildman–Crippen LogP) is 12.0. The minimum absolute atomic E-state index is 0.0759. The van der Waals surface area contributed by atoms with Crippen LogP contribution in [-0.4, -0.2) is 0 Å². The van der Waals surface area contributed by atoms with Crippen molar-refractivity contribution in [1.29, 1.82) is 0 Å². The summed E-state index contributed by atoms with van der Waals surface area (Å²) in [6, 6.07) is 40.0. The van der Waals surface area contributed by atoms with E-state index in [-0.39, 0.29) is 35.6 Å². The van der Waals surface area contributed by atoms with E-state index in [1.54, 1.807) is 6.07 Å². The van der Waals surface area contributed by atoms with Gasteiger partial charge in [0.15, 0.2) is 0 Å². The maximum atomic E-state index is 9.55. The summed E-state index contributed by atoms with van der Waals surface area (Å²) in [6.07, 6.45) is 1.82. The van der Waals surface area contributed by atoms with Crippen molar-refractivity contribution in [3.05, 3.63) is 158 Å². The van der Waals surface area contributed by atoms with Gasteiger partial charge >= 0.3 is 0 Å². The number of furan rings is 1. The summed E-state index contributed by atoms with van der Waals surface area (Å²) >= 11 is 0. The van der Waals surface area contributed by atoms with Crippen LogP contribution in [0.25, 0.3) is 87.4 Å². The van der Waals surface area contributed by atoms with Crippen LogP contribution in [0.3, 0.4) is 0 Å². The van der Waals surface area contributed by atoms with Crippen molar-refractivity contribution in [1.82, 2.24) is 0 Å². The molecule has 0 fully saturated rings. The Bertz CT molecular complexity index is 2780. The summed E-state index contributed by atoms with van der Waals surface area (Å²) in [4.78, 5) is 0. The monoisotopic (exact) mass is 551 g/mol. The zero-order chi connectivity index (χ0) is 32.7. The highest BCUT2D eigenvalue weighted by Gasteiger charge is 2.19. The second kappa shape index (κ2) is 9.44. The van der Waals surface area contributed by atoms with Crippen molar-refractivity contribution in [2.45, 2.75) is 0 Å². The Kier molecular flexibility index (Phi) is 4.27. The molecule has 9 rings (SSSR count). The van der Waals surface area contributed by atoms with E-state index in [0.29, 0.717) is 10.8 Å². The third-order valence-corrected chi connectivity index (χ3v) is 8.54. The summed E-state index contributed by atoms with van der Waals surface area (Å²) in [5.74, 6) is 0. The molecule has 0 aliphatic rings. The highest BCUT2D eigenvalue weighted by atomic mass is 16.3. The smallest absolute Gasteiger partial charge is 0.142 e. The van der Waals surface area contributed by atoms with E-state index < -0.39 is 0 Å². The number of rotatable bonds is 3. The standard InChI is InChI=1S/C42H26O/c1-2-10-27(11-3-1)33-20-19-31-24-29-13-4-5-14-30(29)25-39(31)41(33)36-17-9-8-16-34(36)40-26-43-42-37-21-18-28-12-6-7-15-32(28)35(37)22-23-38(40)42/h1-26H/i4D,5D,13D,14D,25D. The minimum atomic E-state index is -0.341. The van der Waals surface area contributed by atoms with Crippen molar-refractivity contribution in [2.24, 2.45) is 0 Å². The Morgan fingerprint density at radius 3 is 2.07 bits per heavy atom. The van der Waals surface area contributed by atoms with Crippen LogP contribution in [0.2, 0.25) is 0 Å². The Hall–Kier alpha value is -5.66. The Morgan fingerprint density at radius 2 is 1.16 bits per heavy atom. The molecule has 9 aromatic rings. The molecule has 0 atom stereocenters. The summed E-state index contributed by atoms with van der Waals surface area (Å²) in [5.41, 5.74) is 6.32. The van der Waals surface area contributed by atoms with Gasteiger partial charge < -0.3 is 4.42 Å². The lowest BCUT2D eigenvalue weighted by atomic mass is 9.85. The first-order valence-corrected chi connectivity index (χ1v) is 14.4. The van der Waals surface area contributed by atoms with E-state index >= 15 is 0 Å². The lowest BCUT2D eigenvalue weighted by Crippen LogP contribution is -1.91. The predicted molar refractivity (Wildman–Crippen MR) is 183 cm³/mol. The van der Waals surface area contributed by atoms with Gasteiger partial charge in [-0.3, -0.25) is 0 Å². The molecule has 8 aromatic carbocycles. The second-order valence-corrected chi connectivity index (χ2v) is 10.9. The maximum absolute atomic E-state index is 9.55. The Morgan fingerprint density at radius 1 is 0.442 bits per heavy atom. The average molecular weight is 552 g/mol. The summed E-state index contributed by atoms with van der Waals surface area (Å²) in [5, 5.41) is 7.42. The van der Waals surface area contributed by atoms with Crippen LogP contribution < -0.4 is 0 Å². The first kappa shape index (κ1) is 19.5. The zero-order valence-corrected chi connectivity index (χ0v) is 23.0. The lowest BCUT2D eigenvalue weighted by molar-refractivity contribution is 0.620. The third-order valence-electron chi connectivity index (χ3n) is 8.54. The summed E-state index contributed by atoms with van der Waals surface area (Å²) in [7, 11) is 0. The fraction of sp³-hybridized carbons (Fsp3) is 0. The average Bonchev–Trinajstić information content (AvgIpc) is 3.57. The largest absolute Gasteiger partial charge is 0.463 e. The Balaban J connectivity index is 1.38. The number of fused-ring (bicyclic) bond motifs is 7. The highest BCUT2D eigenvalue weighted by Crippen LogP contribution is 2.46. The number of hydrogen-bond donors (Lipinski definition) is 0. The van der Waals surface area contributed by atoms with Gasteiger partial charge in [-0.25, -0.2) is 0 Å². The molecule has 200 valence electrons. The first-order chi connectivity index (χ1) is 23.4. The number of hydrogen-bond acceptors (Lipinski definition) is 1. The van der Waals surface area contributed by atoms with Crippen molar-refractivity contribution in [3.63, 3.8) is 0 Å². The van der Waals surface area contributed by atoms with E-state index in [9.17, 15) is 1.37 Å². The first-order valence-electron chi connectivity index (χ1n) is 16.9. The minimum Gasteiger partial charge on any atom is -0.463 e. The second-order valence-electron chi connectivity index (χ2n) is 10.9. The van der Waals surface area contributed by atoms with Crippen molar-refractivity contribution in [3.8, 4) is 33.4 Å². The summed E-state index contributed by atoms with van der Waals surface area (Å²) < 4.78 is 50.0. The topological polar surface area (TPSA) is 13.1 Å². The molecule has 0 saturated carbocycles. The molecule has 1 nitrogen and oxygen atoms in total. The fourth-order valence-electron chi connectivity index (χ4n) is 6.55. The molecular formula is C42H26O. The van der Waals surface area contributed by atoms with Crippen LogP contribution in [0, 0.1) is 0 Å². The summed E-state index contributed by atoms with van der Waals surface area (Å²) in [6.45, 7) is 0. The van der Waals surface area contributed by atoms with Crippen molar-refractivity contribution < 1.29 is 11.3 Å². The van der Waals surface area contributed by atoms with Gasteiger partial charge in [0, 0.05) is 16.3 Å². The molecule has 0 N–H and O–H groups in total. The van der Waals surface area contributed by atoms with Gasteiger partial charge in [0.1, 0.15) is 5.58 Å². The van der Waals surface area contributed by atoms with Crippen LogP contribution in [0.4, 0.5) is 0 Å². The molecule has 0 spiro atoms. The Labute approximate surface area is 256 Å². The molecule has 1 heteroatoms. The van der Waals surface area contributed by atoms with Gasteiger partial charge in [-0.05, 0) is 89.8 Å². The van der Waals surface area contributed by atoms with E-state index in [1.807, 2.05) is 66.9 Å². The van der Waals surface area contributed by atoms with Gasteiger partial charge in [-0.1, -0.05) is 127 Å². The molecule has 0 radical (unpaired) electrons. The van der Waals surface area contributed by atoms with Crippen LogP contribution >= 0.6 is 0 Å². The zero-order valence-electron chi connectivity index (χ0n) is 28.0. The highest BCUT2D eigenvalue weighted by molar-refractivity contribution is 6.19. The lowest BCUT2D eigenvalue weighted by Gasteiger charge is -2.18. The van der Waals surface area contributed by atoms with E-state index in [0.717, 1.165) is 60.5 Å². The van der Waals surface area contributed by atoms with Crippen molar-refractivity contribution in [2.75, 3.05) is 0 Å². The molecule has 43 heavy (non-hydrogen) atoms. The molecule has 0 unspecified atom stereocenters. The molecule has 0 bridgehead atoms. The SMILES string of the molecule is [2H]c1c([2H])c([2H])c2c([2H])c3c(-c4ccccc4-c4coc5c4ccc4c6ccccc6ccc45)c(-c4ccccc4)ccc3cc2c1[2H]. The van der Waals surface area contributed by atoms with Gasteiger partial charge in [0.05, 0.1) is 13.1 Å². The van der Waals surface area contributed by atoms with Gasteiger partial charge in [0.25, 0.3) is 0 Å². The van der Waals surface area contributed by atoms with Gasteiger partial charge in [0.2, 0.25) is 0 Å². The molecule has 0 aliphatic heterocycles.